The smallest absolute Gasteiger partial charge is 0.417 e. The van der Waals surface area contributed by atoms with Gasteiger partial charge in [0.2, 0.25) is 0 Å². The minimum absolute atomic E-state index is 0.158. The average Bonchev–Trinajstić information content (AvgIpc) is 2.83. The van der Waals surface area contributed by atoms with E-state index in [0.717, 1.165) is 11.3 Å². The molecule has 2 aromatic rings. The summed E-state index contributed by atoms with van der Waals surface area (Å²) in [4.78, 5) is 32.6. The first-order valence-electron chi connectivity index (χ1n) is 11.3. The molecule has 192 valence electrons. The van der Waals surface area contributed by atoms with E-state index >= 15 is 0 Å². The van der Waals surface area contributed by atoms with Gasteiger partial charge >= 0.3 is 12.1 Å². The van der Waals surface area contributed by atoms with Gasteiger partial charge in [0.15, 0.2) is 5.17 Å². The van der Waals surface area contributed by atoms with Gasteiger partial charge < -0.3 is 14.2 Å². The van der Waals surface area contributed by atoms with Crippen LogP contribution in [0.3, 0.4) is 0 Å². The lowest BCUT2D eigenvalue weighted by molar-refractivity contribution is -0.139. The van der Waals surface area contributed by atoms with E-state index in [4.69, 9.17) is 37.4 Å². The number of hydrogen-bond donors (Lipinski definition) is 0. The Hall–Kier alpha value is -2.68. The molecule has 1 atom stereocenters. The van der Waals surface area contributed by atoms with E-state index in [1.165, 1.54) is 16.7 Å². The molecule has 1 amide bonds. The number of amides is 1. The second-order valence-electron chi connectivity index (χ2n) is 8.10. The van der Waals surface area contributed by atoms with Crippen LogP contribution in [-0.2, 0) is 20.0 Å². The minimum atomic E-state index is -0.947. The van der Waals surface area contributed by atoms with Crippen molar-refractivity contribution in [2.45, 2.75) is 45.6 Å². The van der Waals surface area contributed by atoms with E-state index in [0.29, 0.717) is 27.2 Å². The van der Waals surface area contributed by atoms with Gasteiger partial charge in [0, 0.05) is 11.3 Å². The molecule has 0 saturated heterocycles. The molecule has 10 heteroatoms. The fraction of sp³-hybridized carbons (Fsp3) is 0.346. The van der Waals surface area contributed by atoms with E-state index < -0.39 is 24.2 Å². The molecular weight excluding hydrogens is 523 g/mol. The van der Waals surface area contributed by atoms with Crippen LogP contribution in [0.15, 0.2) is 58.7 Å². The number of benzene rings is 2. The summed E-state index contributed by atoms with van der Waals surface area (Å²) in [5.74, 6) is 0.655. The van der Waals surface area contributed by atoms with Gasteiger partial charge in [-0.1, -0.05) is 59.2 Å². The molecule has 0 radical (unpaired) electrons. The second kappa shape index (κ2) is 12.5. The van der Waals surface area contributed by atoms with Crippen LogP contribution < -0.4 is 4.74 Å². The van der Waals surface area contributed by atoms with Crippen LogP contribution in [0.4, 0.5) is 4.79 Å². The third-order valence-electron chi connectivity index (χ3n) is 5.22. The van der Waals surface area contributed by atoms with Crippen LogP contribution in [0.25, 0.3) is 0 Å². The number of ether oxygens (including phenoxy) is 3. The Morgan fingerprint density at radius 3 is 2.44 bits per heavy atom. The molecule has 0 saturated carbocycles. The zero-order valence-electron chi connectivity index (χ0n) is 20.7. The largest absolute Gasteiger partial charge is 0.497 e. The Labute approximate surface area is 225 Å². The van der Waals surface area contributed by atoms with Crippen LogP contribution in [0, 0.1) is 0 Å². The number of hydrogen-bond acceptors (Lipinski definition) is 7. The lowest BCUT2D eigenvalue weighted by Crippen LogP contribution is -2.44. The molecule has 1 heterocycles. The molecule has 2 aromatic carbocycles. The number of esters is 1. The first-order chi connectivity index (χ1) is 17.2. The lowest BCUT2D eigenvalue weighted by atomic mass is 9.94. The van der Waals surface area contributed by atoms with Gasteiger partial charge in [0.05, 0.1) is 41.1 Å². The van der Waals surface area contributed by atoms with Crippen LogP contribution >= 0.6 is 35.0 Å². The molecule has 36 heavy (non-hydrogen) atoms. The van der Waals surface area contributed by atoms with Crippen molar-refractivity contribution in [3.8, 4) is 5.75 Å². The fourth-order valence-corrected chi connectivity index (χ4v) is 5.02. The molecule has 7 nitrogen and oxygen atoms in total. The van der Waals surface area contributed by atoms with Crippen molar-refractivity contribution < 1.29 is 23.8 Å². The first kappa shape index (κ1) is 27.9. The molecule has 1 aliphatic rings. The summed E-state index contributed by atoms with van der Waals surface area (Å²) >= 11 is 14.3. The molecular formula is C26H28Cl2N2O5S. The quantitative estimate of drug-likeness (QED) is 0.344. The molecule has 0 bridgehead atoms. The molecule has 0 fully saturated rings. The van der Waals surface area contributed by atoms with Gasteiger partial charge in [0.1, 0.15) is 11.8 Å². The summed E-state index contributed by atoms with van der Waals surface area (Å²) in [6.07, 6.45) is -1.07. The maximum atomic E-state index is 13.5. The van der Waals surface area contributed by atoms with E-state index in [1.54, 1.807) is 53.0 Å². The van der Waals surface area contributed by atoms with E-state index in [1.807, 2.05) is 24.3 Å². The van der Waals surface area contributed by atoms with Gasteiger partial charge in [-0.15, -0.1) is 0 Å². The number of aliphatic imine (C=N–C) groups is 1. The number of carbonyl (C=O) groups excluding carboxylic acids is 2. The highest BCUT2D eigenvalue weighted by Crippen LogP contribution is 2.43. The predicted octanol–water partition coefficient (Wildman–Crippen LogP) is 7.03. The van der Waals surface area contributed by atoms with Crippen molar-refractivity contribution in [3.63, 3.8) is 0 Å². The number of carbonyl (C=O) groups is 2. The van der Waals surface area contributed by atoms with Crippen molar-refractivity contribution in [2.75, 3.05) is 13.7 Å². The average molecular weight is 551 g/mol. The zero-order valence-corrected chi connectivity index (χ0v) is 23.0. The number of rotatable bonds is 7. The highest BCUT2D eigenvalue weighted by molar-refractivity contribution is 8.13. The van der Waals surface area contributed by atoms with Crippen molar-refractivity contribution in [3.05, 3.63) is 74.9 Å². The van der Waals surface area contributed by atoms with E-state index in [-0.39, 0.29) is 17.2 Å². The number of methoxy groups -OCH3 is 1. The first-order valence-corrected chi connectivity index (χ1v) is 13.1. The summed E-state index contributed by atoms with van der Waals surface area (Å²) in [5, 5.41) is 0.882. The predicted molar refractivity (Wildman–Crippen MR) is 144 cm³/mol. The van der Waals surface area contributed by atoms with Crippen LogP contribution in [-0.4, -0.2) is 42.0 Å². The van der Waals surface area contributed by atoms with Gasteiger partial charge in [-0.2, -0.15) is 0 Å². The summed E-state index contributed by atoms with van der Waals surface area (Å²) in [6, 6.07) is 11.7. The van der Waals surface area contributed by atoms with Gasteiger partial charge in [-0.3, -0.25) is 0 Å². The number of thioether (sulfide) groups is 1. The standard InChI is InChI=1S/C26H28Cl2N2O5S/c1-6-34-24(31)21-16(4)29-25(36-14-17-10-12-18(33-5)13-11-17)30(26(32)35-15(2)3)23(21)19-8-7-9-20(27)22(19)28/h7-13,15,23H,6,14H2,1-5H3. The summed E-state index contributed by atoms with van der Waals surface area (Å²) < 4.78 is 16.1. The third kappa shape index (κ3) is 6.35. The summed E-state index contributed by atoms with van der Waals surface area (Å²) in [7, 11) is 1.61. The van der Waals surface area contributed by atoms with Crippen molar-refractivity contribution in [1.82, 2.24) is 4.90 Å². The number of allylic oxidation sites excluding steroid dienone is 1. The Morgan fingerprint density at radius 1 is 1.14 bits per heavy atom. The Balaban J connectivity index is 2.12. The Morgan fingerprint density at radius 2 is 1.83 bits per heavy atom. The molecule has 1 unspecified atom stereocenters. The highest BCUT2D eigenvalue weighted by atomic mass is 35.5. The van der Waals surface area contributed by atoms with Crippen molar-refractivity contribution >= 4 is 52.2 Å². The summed E-state index contributed by atoms with van der Waals surface area (Å²) in [6.45, 7) is 7.07. The maximum absolute atomic E-state index is 13.5. The second-order valence-corrected chi connectivity index (χ2v) is 9.83. The van der Waals surface area contributed by atoms with Gasteiger partial charge in [-0.25, -0.2) is 19.5 Å². The number of nitrogens with zero attached hydrogens (tertiary/aromatic N) is 2. The molecule has 0 aliphatic carbocycles. The SMILES string of the molecule is CCOC(=O)C1=C(C)N=C(SCc2ccc(OC)cc2)N(C(=O)OC(C)C)C1c1cccc(Cl)c1Cl. The van der Waals surface area contributed by atoms with E-state index in [9.17, 15) is 9.59 Å². The zero-order chi connectivity index (χ0) is 26.4. The maximum Gasteiger partial charge on any atom is 0.417 e. The molecule has 1 aliphatic heterocycles. The van der Waals surface area contributed by atoms with Crippen LogP contribution in [0.1, 0.15) is 44.9 Å². The summed E-state index contributed by atoms with van der Waals surface area (Å²) in [5.41, 5.74) is 2.07. The number of amidine groups is 1. The molecule has 0 aromatic heterocycles. The lowest BCUT2D eigenvalue weighted by Gasteiger charge is -2.36. The minimum Gasteiger partial charge on any atom is -0.497 e. The molecule has 0 spiro atoms. The molecule has 0 N–H and O–H groups in total. The monoisotopic (exact) mass is 550 g/mol. The topological polar surface area (TPSA) is 77.4 Å². The number of halogens is 2. The fourth-order valence-electron chi connectivity index (χ4n) is 3.60. The third-order valence-corrected chi connectivity index (χ3v) is 7.08. The van der Waals surface area contributed by atoms with Crippen LogP contribution in [0.2, 0.25) is 10.0 Å². The Kier molecular flexibility index (Phi) is 9.70. The van der Waals surface area contributed by atoms with Gasteiger partial charge in [0.25, 0.3) is 0 Å². The van der Waals surface area contributed by atoms with Crippen molar-refractivity contribution in [1.29, 1.82) is 0 Å². The van der Waals surface area contributed by atoms with Crippen LogP contribution in [0.5, 0.6) is 5.75 Å². The highest BCUT2D eigenvalue weighted by Gasteiger charge is 2.42. The van der Waals surface area contributed by atoms with Gasteiger partial charge in [-0.05, 0) is 51.5 Å². The van der Waals surface area contributed by atoms with Crippen molar-refractivity contribution in [2.24, 2.45) is 4.99 Å². The normalized spacial score (nSPS) is 15.6. The van der Waals surface area contributed by atoms with E-state index in [2.05, 4.69) is 4.99 Å². The molecule has 3 rings (SSSR count). The Bertz CT molecular complexity index is 1180.